The highest BCUT2D eigenvalue weighted by Crippen LogP contribution is 2.43. The summed E-state index contributed by atoms with van der Waals surface area (Å²) in [6.45, 7) is 7.57. The first-order valence-electron chi connectivity index (χ1n) is 8.64. The van der Waals surface area contributed by atoms with Crippen LogP contribution in [-0.2, 0) is 0 Å². The predicted octanol–water partition coefficient (Wildman–Crippen LogP) is 6.27. The van der Waals surface area contributed by atoms with E-state index in [-0.39, 0.29) is 27.9 Å². The van der Waals surface area contributed by atoms with Crippen LogP contribution in [0.2, 0.25) is 0 Å². The molecule has 3 nitrogen and oxygen atoms in total. The number of rotatable bonds is 5. The Balaban J connectivity index is 2.47. The maximum absolute atomic E-state index is 15.7. The van der Waals surface area contributed by atoms with Crippen molar-refractivity contribution in [3.8, 4) is 34.4 Å². The molecule has 3 aromatic carbocycles. The van der Waals surface area contributed by atoms with Crippen LogP contribution in [0.25, 0.3) is 22.3 Å². The fourth-order valence-electron chi connectivity index (χ4n) is 3.05. The highest BCUT2D eigenvalue weighted by Gasteiger charge is 2.26. The molecule has 1 N–H and O–H groups in total. The second-order valence-corrected chi connectivity index (χ2v) is 6.73. The van der Waals surface area contributed by atoms with Crippen LogP contribution >= 0.6 is 12.6 Å². The summed E-state index contributed by atoms with van der Waals surface area (Å²) >= 11 is 4.18. The molecular weight excluding hydrogens is 381 g/mol. The summed E-state index contributed by atoms with van der Waals surface area (Å²) in [5, 5.41) is 22.7. The van der Waals surface area contributed by atoms with Gasteiger partial charge in [-0.3, -0.25) is 0 Å². The Labute approximate surface area is 174 Å². The second kappa shape index (κ2) is 8.48. The molecule has 0 aliphatic carbocycles. The van der Waals surface area contributed by atoms with E-state index in [2.05, 4.69) is 37.2 Å². The Hall–Kier alpha value is -3.80. The smallest absolute Gasteiger partial charge is 0.151 e. The summed E-state index contributed by atoms with van der Waals surface area (Å²) in [5.74, 6) is -0.711. The van der Waals surface area contributed by atoms with Crippen molar-refractivity contribution in [2.24, 2.45) is 0 Å². The van der Waals surface area contributed by atoms with Crippen LogP contribution < -0.4 is 5.32 Å². The highest BCUT2D eigenvalue weighted by atomic mass is 32.1. The monoisotopic (exact) mass is 397 g/mol. The molecule has 140 valence electrons. The number of nitrogens with one attached hydrogen (secondary N) is 1. The molecule has 0 atom stereocenters. The fraction of sp³-hybridized carbons (Fsp3) is 0. The van der Waals surface area contributed by atoms with Gasteiger partial charge in [0.1, 0.15) is 12.1 Å². The van der Waals surface area contributed by atoms with Crippen LogP contribution in [-0.4, -0.2) is 0 Å². The number of thiol groups is 1. The van der Waals surface area contributed by atoms with Crippen molar-refractivity contribution >= 4 is 18.3 Å². The molecule has 0 saturated carbocycles. The van der Waals surface area contributed by atoms with Gasteiger partial charge in [-0.15, -0.1) is 12.6 Å². The van der Waals surface area contributed by atoms with Gasteiger partial charge in [-0.25, -0.2) is 4.39 Å². The number of halogens is 1. The van der Waals surface area contributed by atoms with Crippen LogP contribution in [0.1, 0.15) is 11.1 Å². The van der Waals surface area contributed by atoms with E-state index in [0.717, 1.165) is 0 Å². The van der Waals surface area contributed by atoms with E-state index in [4.69, 9.17) is 0 Å². The molecule has 0 aliphatic rings. The van der Waals surface area contributed by atoms with E-state index in [1.807, 2.05) is 12.1 Å². The third kappa shape index (κ3) is 3.78. The molecule has 0 fully saturated rings. The van der Waals surface area contributed by atoms with E-state index >= 15 is 4.39 Å². The summed E-state index contributed by atoms with van der Waals surface area (Å²) in [4.78, 5) is 0.346. The first-order valence-corrected chi connectivity index (χ1v) is 9.09. The molecule has 0 aliphatic heterocycles. The Bertz CT molecular complexity index is 1190. The number of benzene rings is 3. The SMILES string of the molecule is C=C(S)C(=C)Nc1c(C#N)c(-c2ccccc2)c(C#N)c(F)c1-c1ccccc1. The number of anilines is 1. The molecule has 3 aromatic rings. The zero-order valence-electron chi connectivity index (χ0n) is 15.4. The molecular formula is C24H16FN3S. The maximum atomic E-state index is 15.7. The van der Waals surface area contributed by atoms with E-state index in [1.165, 1.54) is 0 Å². The van der Waals surface area contributed by atoms with E-state index in [1.54, 1.807) is 54.6 Å². The average molecular weight is 397 g/mol. The molecule has 0 aromatic heterocycles. The molecule has 5 heteroatoms. The molecule has 29 heavy (non-hydrogen) atoms. The highest BCUT2D eigenvalue weighted by molar-refractivity contribution is 7.84. The van der Waals surface area contributed by atoms with Crippen molar-refractivity contribution in [3.63, 3.8) is 0 Å². The molecule has 0 heterocycles. The van der Waals surface area contributed by atoms with Gasteiger partial charge < -0.3 is 5.32 Å². The summed E-state index contributed by atoms with van der Waals surface area (Å²) in [6.07, 6.45) is 0. The van der Waals surface area contributed by atoms with Crippen molar-refractivity contribution < 1.29 is 4.39 Å². The molecule has 0 unspecified atom stereocenters. The van der Waals surface area contributed by atoms with Crippen molar-refractivity contribution in [1.82, 2.24) is 0 Å². The van der Waals surface area contributed by atoms with Gasteiger partial charge in [0.25, 0.3) is 0 Å². The molecule has 0 spiro atoms. The largest absolute Gasteiger partial charge is 0.353 e. The van der Waals surface area contributed by atoms with Crippen LogP contribution in [0.15, 0.2) is 84.4 Å². The first kappa shape index (κ1) is 19.9. The molecule has 3 rings (SSSR count). The zero-order chi connectivity index (χ0) is 21.0. The number of hydrogen-bond donors (Lipinski definition) is 2. The zero-order valence-corrected chi connectivity index (χ0v) is 16.3. The van der Waals surface area contributed by atoms with Gasteiger partial charge in [-0.1, -0.05) is 73.8 Å². The topological polar surface area (TPSA) is 59.6 Å². The average Bonchev–Trinajstić information content (AvgIpc) is 2.74. The van der Waals surface area contributed by atoms with E-state index in [9.17, 15) is 10.5 Å². The third-order valence-electron chi connectivity index (χ3n) is 4.41. The predicted molar refractivity (Wildman–Crippen MR) is 118 cm³/mol. The number of hydrogen-bond acceptors (Lipinski definition) is 4. The van der Waals surface area contributed by atoms with Gasteiger partial charge in [0.15, 0.2) is 5.82 Å². The van der Waals surface area contributed by atoms with E-state index in [0.29, 0.717) is 21.7 Å². The molecule has 0 amide bonds. The minimum Gasteiger partial charge on any atom is -0.353 e. The van der Waals surface area contributed by atoms with Crippen LogP contribution in [0.5, 0.6) is 0 Å². The van der Waals surface area contributed by atoms with Crippen LogP contribution in [0.4, 0.5) is 10.1 Å². The second-order valence-electron chi connectivity index (χ2n) is 6.19. The van der Waals surface area contributed by atoms with Crippen molar-refractivity contribution in [3.05, 3.63) is 101 Å². The lowest BCUT2D eigenvalue weighted by atomic mass is 9.88. The summed E-state index contributed by atoms with van der Waals surface area (Å²) in [6, 6.07) is 21.6. The summed E-state index contributed by atoms with van der Waals surface area (Å²) in [7, 11) is 0. The standard InChI is InChI=1S/C24H16FN3S/c1-15(16(2)29)28-24-20(14-27)21(17-9-5-3-6-10-17)19(13-26)23(25)22(24)18-11-7-4-8-12-18/h3-12,28-29H,1-2H2. The van der Waals surface area contributed by atoms with Gasteiger partial charge >= 0.3 is 0 Å². The maximum Gasteiger partial charge on any atom is 0.151 e. The van der Waals surface area contributed by atoms with Crippen LogP contribution in [0, 0.1) is 28.5 Å². The number of nitriles is 2. The van der Waals surface area contributed by atoms with Crippen LogP contribution in [0.3, 0.4) is 0 Å². The van der Waals surface area contributed by atoms with Gasteiger partial charge in [0.05, 0.1) is 16.8 Å². The molecule has 0 radical (unpaired) electrons. The number of nitrogens with zero attached hydrogens (tertiary/aromatic N) is 2. The quantitative estimate of drug-likeness (QED) is 0.394. The Kier molecular flexibility index (Phi) is 5.83. The Morgan fingerprint density at radius 1 is 0.828 bits per heavy atom. The van der Waals surface area contributed by atoms with E-state index < -0.39 is 5.82 Å². The minimum atomic E-state index is -0.711. The van der Waals surface area contributed by atoms with Crippen molar-refractivity contribution in [2.75, 3.05) is 5.32 Å². The van der Waals surface area contributed by atoms with Crippen molar-refractivity contribution in [1.29, 1.82) is 10.5 Å². The lowest BCUT2D eigenvalue weighted by molar-refractivity contribution is 0.628. The third-order valence-corrected chi connectivity index (χ3v) is 4.68. The lowest BCUT2D eigenvalue weighted by Gasteiger charge is -2.20. The molecule has 0 saturated heterocycles. The minimum absolute atomic E-state index is 0.120. The van der Waals surface area contributed by atoms with Gasteiger partial charge in [0.2, 0.25) is 0 Å². The molecule has 0 bridgehead atoms. The summed E-state index contributed by atoms with van der Waals surface area (Å²) in [5.41, 5.74) is 1.94. The van der Waals surface area contributed by atoms with Gasteiger partial charge in [0, 0.05) is 21.7 Å². The first-order chi connectivity index (χ1) is 14.0. The van der Waals surface area contributed by atoms with Gasteiger partial charge in [-0.05, 0) is 11.1 Å². The van der Waals surface area contributed by atoms with Gasteiger partial charge in [-0.2, -0.15) is 10.5 Å². The van der Waals surface area contributed by atoms with Crippen molar-refractivity contribution in [2.45, 2.75) is 0 Å². The Morgan fingerprint density at radius 2 is 1.31 bits per heavy atom. The Morgan fingerprint density at radius 3 is 1.76 bits per heavy atom. The fourth-order valence-corrected chi connectivity index (χ4v) is 3.11. The lowest BCUT2D eigenvalue weighted by Crippen LogP contribution is -2.08. The normalized spacial score (nSPS) is 9.93. The summed E-state index contributed by atoms with van der Waals surface area (Å²) < 4.78 is 15.7.